The summed E-state index contributed by atoms with van der Waals surface area (Å²) in [4.78, 5) is 25.6. The van der Waals surface area contributed by atoms with Crippen LogP contribution >= 0.6 is 0 Å². The molecule has 0 radical (unpaired) electrons. The Bertz CT molecular complexity index is 1820. The zero-order valence-electron chi connectivity index (χ0n) is 24.5. The number of fused-ring (bicyclic) bond motifs is 3. The Kier molecular flexibility index (Phi) is 9.17. The molecule has 3 aromatic rings. The van der Waals surface area contributed by atoms with Gasteiger partial charge in [0.1, 0.15) is 10.9 Å². The zero-order chi connectivity index (χ0) is 31.7. The second kappa shape index (κ2) is 12.2. The molecule has 3 N–H and O–H groups in total. The van der Waals surface area contributed by atoms with Gasteiger partial charge in [-0.15, -0.1) is 0 Å². The largest absolute Gasteiger partial charge is 0.344 e. The predicted molar refractivity (Wildman–Crippen MR) is 164 cm³/mol. The fourth-order valence-corrected chi connectivity index (χ4v) is 7.33. The number of hydrogen-bond acceptors (Lipinski definition) is 7. The van der Waals surface area contributed by atoms with Crippen molar-refractivity contribution in [3.63, 3.8) is 0 Å². The van der Waals surface area contributed by atoms with Crippen LogP contribution < -0.4 is 10.2 Å². The molecule has 230 valence electrons. The minimum atomic E-state index is -4.81. The normalized spacial score (nSPS) is 16.3. The van der Waals surface area contributed by atoms with Crippen LogP contribution in [0.1, 0.15) is 70.5 Å². The molecule has 1 atom stereocenters. The van der Waals surface area contributed by atoms with Crippen LogP contribution in [0.3, 0.4) is 0 Å². The topological polar surface area (TPSA) is 158 Å². The summed E-state index contributed by atoms with van der Waals surface area (Å²) in [5, 5.41) is 3.26. The number of carbonyl (C=O) groups excluding carboxylic acids is 2. The third kappa shape index (κ3) is 6.67. The van der Waals surface area contributed by atoms with Gasteiger partial charge in [-0.3, -0.25) is 18.7 Å². The van der Waals surface area contributed by atoms with Crippen LogP contribution in [0.4, 0.5) is 5.69 Å². The van der Waals surface area contributed by atoms with E-state index in [0.29, 0.717) is 30.3 Å². The molecule has 0 aliphatic carbocycles. The summed E-state index contributed by atoms with van der Waals surface area (Å²) in [6.45, 7) is 7.79. The van der Waals surface area contributed by atoms with Gasteiger partial charge < -0.3 is 10.2 Å². The summed E-state index contributed by atoms with van der Waals surface area (Å²) in [5.74, 6) is -0.352. The summed E-state index contributed by atoms with van der Waals surface area (Å²) >= 11 is 0. The first-order valence-electron chi connectivity index (χ1n) is 13.9. The lowest BCUT2D eigenvalue weighted by Crippen LogP contribution is -2.32. The number of hydrogen-bond donors (Lipinski definition) is 3. The Balaban J connectivity index is 1.54. The van der Waals surface area contributed by atoms with Crippen LogP contribution in [0.5, 0.6) is 0 Å². The van der Waals surface area contributed by atoms with Gasteiger partial charge in [-0.25, -0.2) is 0 Å². The second-order valence-corrected chi connectivity index (χ2v) is 14.0. The van der Waals surface area contributed by atoms with E-state index in [1.807, 2.05) is 45.0 Å². The summed E-state index contributed by atoms with van der Waals surface area (Å²) in [6.07, 6.45) is 4.25. The Morgan fingerprint density at radius 2 is 1.60 bits per heavy atom. The molecule has 0 saturated carbocycles. The monoisotopic (exact) mass is 628 g/mol. The van der Waals surface area contributed by atoms with Gasteiger partial charge >= 0.3 is 0 Å². The number of ketones is 1. The number of benzene rings is 3. The highest BCUT2D eigenvalue weighted by atomic mass is 32.2. The number of nitrogens with zero attached hydrogens (tertiary/aromatic N) is 1. The van der Waals surface area contributed by atoms with E-state index in [1.165, 1.54) is 19.1 Å². The van der Waals surface area contributed by atoms with E-state index in [0.717, 1.165) is 29.4 Å². The number of amides is 1. The summed E-state index contributed by atoms with van der Waals surface area (Å²) < 4.78 is 68.1. The highest BCUT2D eigenvalue weighted by molar-refractivity contribution is 7.86. The lowest BCUT2D eigenvalue weighted by molar-refractivity contribution is -0.127. The molecule has 4 rings (SSSR count). The van der Waals surface area contributed by atoms with Crippen molar-refractivity contribution in [3.05, 3.63) is 77.5 Å². The Morgan fingerprint density at radius 3 is 2.19 bits per heavy atom. The molecule has 10 nitrogen and oxygen atoms in total. The third-order valence-corrected chi connectivity index (χ3v) is 9.60. The van der Waals surface area contributed by atoms with Crippen molar-refractivity contribution < 1.29 is 35.5 Å². The lowest BCUT2D eigenvalue weighted by Gasteiger charge is -2.27. The second-order valence-electron chi connectivity index (χ2n) is 11.2. The summed E-state index contributed by atoms with van der Waals surface area (Å²) in [5.41, 5.74) is 2.41. The minimum absolute atomic E-state index is 0.143. The van der Waals surface area contributed by atoms with Gasteiger partial charge in [0.25, 0.3) is 20.2 Å². The molecule has 12 heteroatoms. The first-order valence-corrected chi connectivity index (χ1v) is 16.8. The number of rotatable bonds is 11. The average molecular weight is 629 g/mol. The van der Waals surface area contributed by atoms with Crippen LogP contribution in [-0.2, 0) is 35.2 Å². The SMILES string of the molecule is C/C=C1/N(CCCCCC(=O)NC(C(C)=O)c2ccccc2)c2ccc3c(S(=O)(=O)O)cc(S(=O)(=O)O)cc3c2C1(C)C. The zero-order valence-corrected chi connectivity index (χ0v) is 26.1. The van der Waals surface area contributed by atoms with Crippen molar-refractivity contribution in [1.82, 2.24) is 5.32 Å². The minimum Gasteiger partial charge on any atom is -0.344 e. The molecule has 43 heavy (non-hydrogen) atoms. The van der Waals surface area contributed by atoms with Crippen molar-refractivity contribution in [2.45, 2.75) is 74.6 Å². The van der Waals surface area contributed by atoms with Crippen molar-refractivity contribution in [2.24, 2.45) is 0 Å². The smallest absolute Gasteiger partial charge is 0.295 e. The molecule has 1 aliphatic rings. The maximum Gasteiger partial charge on any atom is 0.295 e. The molecule has 1 amide bonds. The number of anilines is 1. The van der Waals surface area contributed by atoms with Crippen LogP contribution in [0.2, 0.25) is 0 Å². The van der Waals surface area contributed by atoms with E-state index in [9.17, 15) is 35.5 Å². The van der Waals surface area contributed by atoms with Gasteiger partial charge in [0.15, 0.2) is 5.78 Å². The summed E-state index contributed by atoms with van der Waals surface area (Å²) in [7, 11) is -9.59. The molecule has 0 spiro atoms. The van der Waals surface area contributed by atoms with Crippen LogP contribution in [0.25, 0.3) is 10.8 Å². The van der Waals surface area contributed by atoms with Crippen LogP contribution in [0, 0.1) is 0 Å². The van der Waals surface area contributed by atoms with E-state index in [-0.39, 0.29) is 23.5 Å². The first kappa shape index (κ1) is 32.3. The van der Waals surface area contributed by atoms with Gasteiger partial charge in [-0.1, -0.05) is 62.7 Å². The van der Waals surface area contributed by atoms with E-state index >= 15 is 0 Å². The molecule has 1 unspecified atom stereocenters. The number of nitrogens with one attached hydrogen (secondary N) is 1. The van der Waals surface area contributed by atoms with Crippen molar-refractivity contribution >= 4 is 48.4 Å². The van der Waals surface area contributed by atoms with Gasteiger partial charge in [-0.05, 0) is 61.4 Å². The summed E-state index contributed by atoms with van der Waals surface area (Å²) in [6, 6.07) is 13.7. The van der Waals surface area contributed by atoms with Gasteiger partial charge in [-0.2, -0.15) is 16.8 Å². The number of allylic oxidation sites excluding steroid dienone is 2. The van der Waals surface area contributed by atoms with E-state index in [4.69, 9.17) is 0 Å². The molecule has 0 saturated heterocycles. The number of unbranched alkanes of at least 4 members (excludes halogenated alkanes) is 2. The Morgan fingerprint density at radius 1 is 0.930 bits per heavy atom. The molecule has 1 aliphatic heterocycles. The van der Waals surface area contributed by atoms with Gasteiger partial charge in [0, 0.05) is 35.2 Å². The standard InChI is InChI=1S/C31H36N2O8S2/c1-5-27-31(3,4)29-24-18-22(42(36,37)38)19-26(43(39,40)41)23(24)15-16-25(29)33(27)17-11-7-10-14-28(35)32-30(20(2)34)21-12-8-6-9-13-21/h5-6,8-9,12-13,15-16,18-19,30H,7,10-11,14,17H2,1-4H3,(H,32,35)(H,36,37,38)(H,39,40,41)/b27-5+. The lowest BCUT2D eigenvalue weighted by atomic mass is 9.81. The molecule has 0 fully saturated rings. The van der Waals surface area contributed by atoms with Crippen molar-refractivity contribution in [3.8, 4) is 0 Å². The molecule has 0 aromatic heterocycles. The Labute approximate surface area is 252 Å². The predicted octanol–water partition coefficient (Wildman–Crippen LogP) is 5.34. The van der Waals surface area contributed by atoms with Gasteiger partial charge in [0.05, 0.1) is 4.90 Å². The first-order chi connectivity index (χ1) is 20.1. The number of Topliss-reactive ketones (excluding diaryl/α,β-unsaturated/α-hetero) is 1. The van der Waals surface area contributed by atoms with Crippen molar-refractivity contribution in [2.75, 3.05) is 11.4 Å². The quantitative estimate of drug-likeness (QED) is 0.188. The Hall–Kier alpha value is -3.58. The van der Waals surface area contributed by atoms with E-state index < -0.39 is 41.5 Å². The molecular weight excluding hydrogens is 592 g/mol. The maximum absolute atomic E-state index is 12.6. The maximum atomic E-state index is 12.6. The van der Waals surface area contributed by atoms with Crippen molar-refractivity contribution in [1.29, 1.82) is 0 Å². The fourth-order valence-electron chi connectivity index (χ4n) is 5.99. The molecule has 3 aromatic carbocycles. The molecular formula is C31H36N2O8S2. The van der Waals surface area contributed by atoms with Gasteiger partial charge in [0.2, 0.25) is 5.91 Å². The fraction of sp³-hybridized carbons (Fsp3) is 0.355. The average Bonchev–Trinajstić information content (AvgIpc) is 3.15. The van der Waals surface area contributed by atoms with E-state index in [2.05, 4.69) is 10.2 Å². The third-order valence-electron chi connectivity index (χ3n) is 7.88. The highest BCUT2D eigenvalue weighted by Gasteiger charge is 2.41. The molecule has 1 heterocycles. The molecule has 0 bridgehead atoms. The van der Waals surface area contributed by atoms with E-state index in [1.54, 1.807) is 18.2 Å². The van der Waals surface area contributed by atoms with Crippen LogP contribution in [-0.4, -0.2) is 44.2 Å². The number of carbonyl (C=O) groups is 2. The highest BCUT2D eigenvalue weighted by Crippen LogP contribution is 2.51. The van der Waals surface area contributed by atoms with Crippen LogP contribution in [0.15, 0.2) is 76.2 Å².